The summed E-state index contributed by atoms with van der Waals surface area (Å²) in [6.07, 6.45) is 2.27. The Kier molecular flexibility index (Phi) is 7.86. The summed E-state index contributed by atoms with van der Waals surface area (Å²) in [6, 6.07) is 8.05. The maximum Gasteiger partial charge on any atom is 0.263 e. The molecule has 2 N–H and O–H groups in total. The number of likely N-dealkylation sites (tertiary alicyclic amines) is 1. The van der Waals surface area contributed by atoms with Crippen molar-refractivity contribution in [3.63, 3.8) is 0 Å². The van der Waals surface area contributed by atoms with Crippen molar-refractivity contribution in [1.29, 1.82) is 0 Å². The lowest BCUT2D eigenvalue weighted by atomic mass is 9.90. The molecule has 2 unspecified atom stereocenters. The fourth-order valence-electron chi connectivity index (χ4n) is 3.00. The second-order valence-corrected chi connectivity index (χ2v) is 6.30. The number of benzene rings is 1. The zero-order valence-corrected chi connectivity index (χ0v) is 15.1. The lowest BCUT2D eigenvalue weighted by Crippen LogP contribution is -2.47. The maximum atomic E-state index is 12.7. The average molecular weight is 341 g/mol. The second-order valence-electron chi connectivity index (χ2n) is 6.30. The van der Waals surface area contributed by atoms with E-state index in [9.17, 15) is 4.79 Å². The minimum Gasteiger partial charge on any atom is -0.480 e. The molecule has 23 heavy (non-hydrogen) atoms. The van der Waals surface area contributed by atoms with Gasteiger partial charge in [-0.1, -0.05) is 25.1 Å². The molecule has 1 heterocycles. The van der Waals surface area contributed by atoms with Crippen molar-refractivity contribution in [3.05, 3.63) is 29.8 Å². The van der Waals surface area contributed by atoms with Gasteiger partial charge in [-0.05, 0) is 50.7 Å². The first kappa shape index (κ1) is 19.8. The molecule has 1 fully saturated rings. The Hall–Kier alpha value is -1.26. The number of hydrogen-bond donors (Lipinski definition) is 1. The molecule has 2 rings (SSSR count). The van der Waals surface area contributed by atoms with Gasteiger partial charge in [0.15, 0.2) is 6.10 Å². The topological polar surface area (TPSA) is 55.6 Å². The van der Waals surface area contributed by atoms with Crippen LogP contribution in [0.1, 0.15) is 38.7 Å². The number of rotatable bonds is 5. The number of amides is 1. The highest BCUT2D eigenvalue weighted by Crippen LogP contribution is 2.23. The number of aryl methyl sites for hydroxylation is 1. The number of carbonyl (C=O) groups excluding carboxylic acids is 1. The van der Waals surface area contributed by atoms with Crippen molar-refractivity contribution in [1.82, 2.24) is 4.90 Å². The van der Waals surface area contributed by atoms with Gasteiger partial charge < -0.3 is 15.4 Å². The van der Waals surface area contributed by atoms with Crippen molar-refractivity contribution in [2.75, 3.05) is 13.1 Å². The summed E-state index contributed by atoms with van der Waals surface area (Å²) in [6.45, 7) is 7.63. The predicted molar refractivity (Wildman–Crippen MR) is 96.1 cm³/mol. The van der Waals surface area contributed by atoms with Crippen LogP contribution in [0, 0.1) is 12.8 Å². The van der Waals surface area contributed by atoms with Gasteiger partial charge in [-0.3, -0.25) is 4.79 Å². The molecule has 1 aromatic carbocycles. The van der Waals surface area contributed by atoms with Crippen molar-refractivity contribution < 1.29 is 9.53 Å². The van der Waals surface area contributed by atoms with E-state index in [-0.39, 0.29) is 24.4 Å². The molecule has 130 valence electrons. The molecular weight excluding hydrogens is 312 g/mol. The Morgan fingerprint density at radius 3 is 2.48 bits per heavy atom. The lowest BCUT2D eigenvalue weighted by molar-refractivity contribution is -0.140. The van der Waals surface area contributed by atoms with Crippen molar-refractivity contribution in [2.24, 2.45) is 11.7 Å². The van der Waals surface area contributed by atoms with E-state index in [4.69, 9.17) is 10.5 Å². The number of ether oxygens (including phenoxy) is 1. The zero-order chi connectivity index (χ0) is 16.1. The fraction of sp³-hybridized carbons (Fsp3) is 0.611. The molecule has 1 aromatic rings. The van der Waals surface area contributed by atoms with Crippen LogP contribution < -0.4 is 10.5 Å². The average Bonchev–Trinajstić information content (AvgIpc) is 2.53. The van der Waals surface area contributed by atoms with Crippen molar-refractivity contribution in [3.8, 4) is 5.75 Å². The third kappa shape index (κ3) is 5.11. The van der Waals surface area contributed by atoms with Gasteiger partial charge in [0, 0.05) is 19.1 Å². The van der Waals surface area contributed by atoms with Crippen LogP contribution in [0.2, 0.25) is 0 Å². The highest BCUT2D eigenvalue weighted by Gasteiger charge is 2.29. The van der Waals surface area contributed by atoms with Gasteiger partial charge in [-0.25, -0.2) is 0 Å². The number of carbonyl (C=O) groups is 1. The standard InChI is InChI=1S/C18H28N2O2.ClH/c1-4-16(22-17-8-6-5-7-13(17)2)18(21)20-11-9-15(10-12-20)14(3)19;/h5-8,14-16H,4,9-12,19H2,1-3H3;1H. The molecule has 1 aliphatic rings. The normalized spacial score (nSPS) is 18.0. The van der Waals surface area contributed by atoms with Crippen molar-refractivity contribution >= 4 is 18.3 Å². The van der Waals surface area contributed by atoms with Gasteiger partial charge in [0.2, 0.25) is 0 Å². The van der Waals surface area contributed by atoms with Crippen LogP contribution in [0.25, 0.3) is 0 Å². The van der Waals surface area contributed by atoms with E-state index >= 15 is 0 Å². The van der Waals surface area contributed by atoms with E-state index in [0.717, 1.165) is 37.2 Å². The summed E-state index contributed by atoms with van der Waals surface area (Å²) >= 11 is 0. The summed E-state index contributed by atoms with van der Waals surface area (Å²) in [5.41, 5.74) is 7.02. The highest BCUT2D eigenvalue weighted by molar-refractivity contribution is 5.85. The van der Waals surface area contributed by atoms with E-state index < -0.39 is 6.10 Å². The molecule has 0 radical (unpaired) electrons. The van der Waals surface area contributed by atoms with Gasteiger partial charge in [-0.2, -0.15) is 0 Å². The number of nitrogens with two attached hydrogens (primary N) is 1. The minimum atomic E-state index is -0.395. The number of piperidine rings is 1. The van der Waals surface area contributed by atoms with Crippen LogP contribution in [0.3, 0.4) is 0 Å². The molecule has 1 aliphatic heterocycles. The zero-order valence-electron chi connectivity index (χ0n) is 14.3. The number of para-hydroxylation sites is 1. The largest absolute Gasteiger partial charge is 0.480 e. The SMILES string of the molecule is CCC(Oc1ccccc1C)C(=O)N1CCC(C(C)N)CC1.Cl. The van der Waals surface area contributed by atoms with Crippen LogP contribution >= 0.6 is 12.4 Å². The van der Waals surface area contributed by atoms with Crippen LogP contribution in [-0.2, 0) is 4.79 Å². The van der Waals surface area contributed by atoms with Gasteiger partial charge in [-0.15, -0.1) is 12.4 Å². The lowest BCUT2D eigenvalue weighted by Gasteiger charge is -2.35. The first-order valence-electron chi connectivity index (χ1n) is 8.29. The van der Waals surface area contributed by atoms with E-state index in [0.29, 0.717) is 12.3 Å². The maximum absolute atomic E-state index is 12.7. The Labute approximate surface area is 145 Å². The number of halogens is 1. The Morgan fingerprint density at radius 1 is 1.35 bits per heavy atom. The van der Waals surface area contributed by atoms with Gasteiger partial charge in [0.05, 0.1) is 0 Å². The summed E-state index contributed by atoms with van der Waals surface area (Å²) in [4.78, 5) is 14.6. The van der Waals surface area contributed by atoms with E-state index in [1.807, 2.05) is 43.0 Å². The summed E-state index contributed by atoms with van der Waals surface area (Å²) in [7, 11) is 0. The first-order chi connectivity index (χ1) is 10.5. The monoisotopic (exact) mass is 340 g/mol. The quantitative estimate of drug-likeness (QED) is 0.895. The van der Waals surface area contributed by atoms with Crippen molar-refractivity contribution in [2.45, 2.75) is 52.2 Å². The Bertz CT molecular complexity index is 500. The van der Waals surface area contributed by atoms with Crippen LogP contribution in [0.15, 0.2) is 24.3 Å². The third-order valence-corrected chi connectivity index (χ3v) is 4.60. The third-order valence-electron chi connectivity index (χ3n) is 4.60. The summed E-state index contributed by atoms with van der Waals surface area (Å²) in [5.74, 6) is 1.43. The Balaban J connectivity index is 0.00000264. The minimum absolute atomic E-state index is 0. The predicted octanol–water partition coefficient (Wildman–Crippen LogP) is 3.16. The second kappa shape index (κ2) is 9.14. The number of hydrogen-bond acceptors (Lipinski definition) is 3. The molecule has 0 spiro atoms. The smallest absolute Gasteiger partial charge is 0.263 e. The molecule has 5 heteroatoms. The van der Waals surface area contributed by atoms with Gasteiger partial charge >= 0.3 is 0 Å². The molecule has 4 nitrogen and oxygen atoms in total. The van der Waals surface area contributed by atoms with E-state index in [1.165, 1.54) is 0 Å². The molecule has 0 aliphatic carbocycles. The molecular formula is C18H29ClN2O2. The van der Waals surface area contributed by atoms with Crippen LogP contribution in [0.4, 0.5) is 0 Å². The van der Waals surface area contributed by atoms with Gasteiger partial charge in [0.25, 0.3) is 5.91 Å². The molecule has 0 saturated carbocycles. The molecule has 1 saturated heterocycles. The van der Waals surface area contributed by atoms with Crippen LogP contribution in [0.5, 0.6) is 5.75 Å². The fourth-order valence-corrected chi connectivity index (χ4v) is 3.00. The molecule has 2 atom stereocenters. The Morgan fingerprint density at radius 2 is 1.96 bits per heavy atom. The van der Waals surface area contributed by atoms with E-state index in [1.54, 1.807) is 0 Å². The number of nitrogens with zero attached hydrogens (tertiary/aromatic N) is 1. The summed E-state index contributed by atoms with van der Waals surface area (Å²) < 4.78 is 5.97. The molecule has 1 amide bonds. The van der Waals surface area contributed by atoms with Crippen LogP contribution in [-0.4, -0.2) is 36.0 Å². The highest BCUT2D eigenvalue weighted by atomic mass is 35.5. The first-order valence-corrected chi connectivity index (χ1v) is 8.29. The van der Waals surface area contributed by atoms with E-state index in [2.05, 4.69) is 6.92 Å². The summed E-state index contributed by atoms with van der Waals surface area (Å²) in [5, 5.41) is 0. The van der Waals surface area contributed by atoms with Gasteiger partial charge in [0.1, 0.15) is 5.75 Å². The molecule has 0 aromatic heterocycles. The molecule has 0 bridgehead atoms.